The first-order chi connectivity index (χ1) is 13.3. The molecule has 2 aromatic carbocycles. The number of ether oxygens (including phenoxy) is 1. The number of rotatable bonds is 4. The van der Waals surface area contributed by atoms with E-state index in [1.807, 2.05) is 48.7 Å². The number of nitrogens with zero attached hydrogens (tertiary/aromatic N) is 2. The molecule has 6 heteroatoms. The van der Waals surface area contributed by atoms with Gasteiger partial charge in [0.1, 0.15) is 28.8 Å². The van der Waals surface area contributed by atoms with Gasteiger partial charge in [0, 0.05) is 5.56 Å². The third-order valence-corrected chi connectivity index (χ3v) is 4.87. The molecule has 0 aliphatic rings. The molecule has 142 valence electrons. The van der Waals surface area contributed by atoms with Gasteiger partial charge in [0.05, 0.1) is 0 Å². The predicted molar refractivity (Wildman–Crippen MR) is 112 cm³/mol. The minimum Gasteiger partial charge on any atom is -0.457 e. The average molecular weight is 391 g/mol. The summed E-state index contributed by atoms with van der Waals surface area (Å²) in [6, 6.07) is 17.1. The van der Waals surface area contributed by atoms with Gasteiger partial charge in [-0.2, -0.15) is 5.26 Å². The summed E-state index contributed by atoms with van der Waals surface area (Å²) in [4.78, 5) is 19.3. The largest absolute Gasteiger partial charge is 0.457 e. The summed E-state index contributed by atoms with van der Waals surface area (Å²) < 4.78 is 6.08. The molecule has 0 fully saturated rings. The molecule has 0 atom stereocenters. The molecule has 28 heavy (non-hydrogen) atoms. The van der Waals surface area contributed by atoms with Gasteiger partial charge in [-0.05, 0) is 41.5 Å². The number of aromatic amines is 1. The van der Waals surface area contributed by atoms with Gasteiger partial charge in [-0.3, -0.25) is 4.79 Å². The molecule has 1 aromatic heterocycles. The molecule has 0 unspecified atom stereocenters. The quantitative estimate of drug-likeness (QED) is 0.493. The minimum atomic E-state index is -0.457. The van der Waals surface area contributed by atoms with Crippen LogP contribution >= 0.6 is 11.8 Å². The van der Waals surface area contributed by atoms with Crippen molar-refractivity contribution in [2.24, 2.45) is 0 Å². The van der Waals surface area contributed by atoms with Crippen LogP contribution in [0.1, 0.15) is 31.9 Å². The Bertz CT molecular complexity index is 1090. The van der Waals surface area contributed by atoms with Crippen LogP contribution < -0.4 is 10.3 Å². The molecule has 1 N–H and O–H groups in total. The summed E-state index contributed by atoms with van der Waals surface area (Å²) in [6.07, 6.45) is 1.81. The summed E-state index contributed by atoms with van der Waals surface area (Å²) >= 11 is 1.31. The standard InChI is InChI=1S/C22H21N3O2S/c1-22(2,3)14-9-11-15(12-10-14)27-18-8-6-5-7-16(18)19-17(13-23)20(26)25-21(24-19)28-4/h5-12H,1-4H3,(H,24,25,26). The molecule has 0 amide bonds. The van der Waals surface area contributed by atoms with E-state index in [9.17, 15) is 10.1 Å². The normalized spacial score (nSPS) is 11.1. The Morgan fingerprint density at radius 2 is 1.79 bits per heavy atom. The van der Waals surface area contributed by atoms with Crippen LogP contribution in [0.15, 0.2) is 58.5 Å². The first-order valence-corrected chi connectivity index (χ1v) is 10.0. The van der Waals surface area contributed by atoms with E-state index in [0.29, 0.717) is 27.9 Å². The van der Waals surface area contributed by atoms with Crippen molar-refractivity contribution < 1.29 is 4.74 Å². The molecule has 0 radical (unpaired) electrons. The van der Waals surface area contributed by atoms with Crippen molar-refractivity contribution in [2.75, 3.05) is 6.26 Å². The molecule has 3 aromatic rings. The molecule has 1 heterocycles. The van der Waals surface area contributed by atoms with Crippen molar-refractivity contribution in [2.45, 2.75) is 31.3 Å². The Hall–Kier alpha value is -3.04. The average Bonchev–Trinajstić information content (AvgIpc) is 2.67. The van der Waals surface area contributed by atoms with Crippen LogP contribution in [-0.2, 0) is 5.41 Å². The van der Waals surface area contributed by atoms with Crippen molar-refractivity contribution in [1.82, 2.24) is 9.97 Å². The maximum atomic E-state index is 12.3. The second-order valence-corrected chi connectivity index (χ2v) is 8.08. The van der Waals surface area contributed by atoms with Crippen molar-refractivity contribution in [3.05, 3.63) is 70.0 Å². The number of benzene rings is 2. The lowest BCUT2D eigenvalue weighted by Gasteiger charge is -2.19. The lowest BCUT2D eigenvalue weighted by atomic mass is 9.87. The number of para-hydroxylation sites is 1. The molecule has 0 aliphatic heterocycles. The summed E-state index contributed by atoms with van der Waals surface area (Å²) in [6.45, 7) is 6.47. The second-order valence-electron chi connectivity index (χ2n) is 7.28. The van der Waals surface area contributed by atoms with E-state index in [1.165, 1.54) is 17.3 Å². The highest BCUT2D eigenvalue weighted by Crippen LogP contribution is 2.34. The van der Waals surface area contributed by atoms with E-state index < -0.39 is 5.56 Å². The van der Waals surface area contributed by atoms with E-state index in [-0.39, 0.29) is 11.0 Å². The monoisotopic (exact) mass is 391 g/mol. The van der Waals surface area contributed by atoms with Gasteiger partial charge >= 0.3 is 0 Å². The van der Waals surface area contributed by atoms with Crippen molar-refractivity contribution in [1.29, 1.82) is 5.26 Å². The minimum absolute atomic E-state index is 0.0306. The van der Waals surface area contributed by atoms with Crippen LogP contribution in [0.2, 0.25) is 0 Å². The number of aromatic nitrogens is 2. The summed E-state index contributed by atoms with van der Waals surface area (Å²) in [5.41, 5.74) is 1.69. The molecule has 0 saturated heterocycles. The van der Waals surface area contributed by atoms with Gasteiger partial charge in [0.25, 0.3) is 5.56 Å². The molecule has 0 aliphatic carbocycles. The van der Waals surface area contributed by atoms with E-state index >= 15 is 0 Å². The Balaban J connectivity index is 2.05. The molecule has 0 spiro atoms. The zero-order chi connectivity index (χ0) is 20.3. The van der Waals surface area contributed by atoms with E-state index in [4.69, 9.17) is 4.74 Å². The van der Waals surface area contributed by atoms with Crippen LogP contribution in [0.3, 0.4) is 0 Å². The highest BCUT2D eigenvalue weighted by atomic mass is 32.2. The van der Waals surface area contributed by atoms with E-state index in [2.05, 4.69) is 30.7 Å². The molecule has 0 bridgehead atoms. The lowest BCUT2D eigenvalue weighted by molar-refractivity contribution is 0.483. The SMILES string of the molecule is CSc1nc(-c2ccccc2Oc2ccc(C(C)(C)C)cc2)c(C#N)c(=O)[nH]1. The van der Waals surface area contributed by atoms with Gasteiger partial charge in [-0.25, -0.2) is 4.98 Å². The first kappa shape index (κ1) is 19.7. The number of H-pyrrole nitrogens is 1. The van der Waals surface area contributed by atoms with Gasteiger partial charge in [0.2, 0.25) is 0 Å². The first-order valence-electron chi connectivity index (χ1n) is 8.79. The van der Waals surface area contributed by atoms with E-state index in [0.717, 1.165) is 0 Å². The molecule has 3 rings (SSSR count). The summed E-state index contributed by atoms with van der Waals surface area (Å²) in [5.74, 6) is 1.21. The fraction of sp³-hybridized carbons (Fsp3) is 0.227. The lowest BCUT2D eigenvalue weighted by Crippen LogP contribution is -2.14. The van der Waals surface area contributed by atoms with Crippen molar-refractivity contribution in [3.63, 3.8) is 0 Å². The summed E-state index contributed by atoms with van der Waals surface area (Å²) in [5, 5.41) is 9.90. The Morgan fingerprint density at radius 1 is 1.11 bits per heavy atom. The van der Waals surface area contributed by atoms with Crippen LogP contribution in [0.5, 0.6) is 11.5 Å². The molecule has 0 saturated carbocycles. The number of thioether (sulfide) groups is 1. The maximum Gasteiger partial charge on any atom is 0.270 e. The topological polar surface area (TPSA) is 78.8 Å². The fourth-order valence-electron chi connectivity index (χ4n) is 2.75. The highest BCUT2D eigenvalue weighted by molar-refractivity contribution is 7.98. The third kappa shape index (κ3) is 4.10. The van der Waals surface area contributed by atoms with Gasteiger partial charge < -0.3 is 9.72 Å². The van der Waals surface area contributed by atoms with Crippen LogP contribution in [0, 0.1) is 11.3 Å². The Morgan fingerprint density at radius 3 is 2.39 bits per heavy atom. The second kappa shape index (κ2) is 7.91. The Labute approximate surface area is 168 Å². The number of hydrogen-bond acceptors (Lipinski definition) is 5. The highest BCUT2D eigenvalue weighted by Gasteiger charge is 2.18. The van der Waals surface area contributed by atoms with Crippen molar-refractivity contribution in [3.8, 4) is 28.8 Å². The number of nitriles is 1. The predicted octanol–water partition coefficient (Wildman–Crippen LogP) is 5.12. The zero-order valence-corrected chi connectivity index (χ0v) is 17.1. The Kier molecular flexibility index (Phi) is 5.57. The van der Waals surface area contributed by atoms with Gasteiger partial charge in [-0.15, -0.1) is 0 Å². The van der Waals surface area contributed by atoms with Crippen LogP contribution in [0.4, 0.5) is 0 Å². The molecular weight excluding hydrogens is 370 g/mol. The zero-order valence-electron chi connectivity index (χ0n) is 16.2. The van der Waals surface area contributed by atoms with Crippen molar-refractivity contribution >= 4 is 11.8 Å². The molecule has 5 nitrogen and oxygen atoms in total. The fourth-order valence-corrected chi connectivity index (χ4v) is 3.13. The van der Waals surface area contributed by atoms with Crippen LogP contribution in [-0.4, -0.2) is 16.2 Å². The van der Waals surface area contributed by atoms with Crippen LogP contribution in [0.25, 0.3) is 11.3 Å². The molecular formula is C22H21N3O2S. The van der Waals surface area contributed by atoms with E-state index in [1.54, 1.807) is 12.1 Å². The third-order valence-electron chi connectivity index (χ3n) is 4.29. The van der Waals surface area contributed by atoms with Gasteiger partial charge in [0.15, 0.2) is 5.16 Å². The smallest absolute Gasteiger partial charge is 0.270 e. The number of nitrogens with one attached hydrogen (secondary N) is 1. The maximum absolute atomic E-state index is 12.3. The summed E-state index contributed by atoms with van der Waals surface area (Å²) in [7, 11) is 0. The number of hydrogen-bond donors (Lipinski definition) is 1. The van der Waals surface area contributed by atoms with Gasteiger partial charge in [-0.1, -0.05) is 56.8 Å².